The Balaban J connectivity index is 1.61. The SMILES string of the molecule is COc1ccc(CN(C)C)cc1NC(=O)[C@H](NC(=O)N1CCN(C(=O)O)CC1)[C@H](C)c1c[nH]c2ccccc12. The number of ether oxygens (including phenoxy) is 1. The van der Waals surface area contributed by atoms with E-state index in [2.05, 4.69) is 15.6 Å². The first-order valence-corrected chi connectivity index (χ1v) is 12.9. The zero-order valence-corrected chi connectivity index (χ0v) is 22.7. The van der Waals surface area contributed by atoms with Gasteiger partial charge in [0.05, 0.1) is 12.8 Å². The summed E-state index contributed by atoms with van der Waals surface area (Å²) in [7, 11) is 5.47. The Morgan fingerprint density at radius 2 is 1.77 bits per heavy atom. The molecule has 11 heteroatoms. The van der Waals surface area contributed by atoms with E-state index in [1.54, 1.807) is 12.0 Å². The van der Waals surface area contributed by atoms with Crippen molar-refractivity contribution in [2.75, 3.05) is 52.7 Å². The van der Waals surface area contributed by atoms with Gasteiger partial charge in [0.1, 0.15) is 11.8 Å². The summed E-state index contributed by atoms with van der Waals surface area (Å²) in [6.07, 6.45) is 0.858. The number of methoxy groups -OCH3 is 1. The van der Waals surface area contributed by atoms with Crippen LogP contribution in [0.1, 0.15) is 24.0 Å². The van der Waals surface area contributed by atoms with Crippen molar-refractivity contribution in [3.05, 3.63) is 59.8 Å². The maximum Gasteiger partial charge on any atom is 0.407 e. The molecule has 3 aromatic rings. The Morgan fingerprint density at radius 1 is 1.08 bits per heavy atom. The molecule has 208 valence electrons. The molecule has 1 aliphatic rings. The lowest BCUT2D eigenvalue weighted by Crippen LogP contribution is -2.56. The molecule has 0 bridgehead atoms. The number of fused-ring (bicyclic) bond motifs is 1. The highest BCUT2D eigenvalue weighted by molar-refractivity contribution is 5.99. The number of hydrogen-bond donors (Lipinski definition) is 4. The van der Waals surface area contributed by atoms with Gasteiger partial charge in [-0.1, -0.05) is 31.2 Å². The minimum atomic E-state index is -1.01. The van der Waals surface area contributed by atoms with Crippen LogP contribution in [-0.2, 0) is 11.3 Å². The first kappa shape index (κ1) is 27.8. The second-order valence-corrected chi connectivity index (χ2v) is 10.0. The second-order valence-electron chi connectivity index (χ2n) is 10.0. The fourth-order valence-electron chi connectivity index (χ4n) is 4.92. The van der Waals surface area contributed by atoms with Crippen LogP contribution in [0.4, 0.5) is 15.3 Å². The number of carbonyl (C=O) groups excluding carboxylic acids is 2. The number of amides is 4. The van der Waals surface area contributed by atoms with Crippen molar-refractivity contribution < 1.29 is 24.2 Å². The zero-order chi connectivity index (χ0) is 28.1. The van der Waals surface area contributed by atoms with Crippen LogP contribution >= 0.6 is 0 Å². The molecule has 0 spiro atoms. The Labute approximate surface area is 227 Å². The number of nitrogens with one attached hydrogen (secondary N) is 3. The number of H-pyrrole nitrogens is 1. The van der Waals surface area contributed by atoms with E-state index in [-0.39, 0.29) is 38.0 Å². The molecule has 4 amide bonds. The maximum atomic E-state index is 13.8. The van der Waals surface area contributed by atoms with Crippen LogP contribution in [0.2, 0.25) is 0 Å². The number of hydrogen-bond acceptors (Lipinski definition) is 5. The van der Waals surface area contributed by atoms with Gasteiger partial charge < -0.3 is 40.2 Å². The Kier molecular flexibility index (Phi) is 8.60. The highest BCUT2D eigenvalue weighted by Crippen LogP contribution is 2.30. The molecule has 2 heterocycles. The van der Waals surface area contributed by atoms with E-state index in [0.717, 1.165) is 22.0 Å². The molecule has 1 aromatic heterocycles. The lowest BCUT2D eigenvalue weighted by Gasteiger charge is -2.34. The zero-order valence-electron chi connectivity index (χ0n) is 22.7. The number of nitrogens with zero attached hydrogens (tertiary/aromatic N) is 3. The van der Waals surface area contributed by atoms with Gasteiger partial charge in [-0.2, -0.15) is 0 Å². The van der Waals surface area contributed by atoms with Gasteiger partial charge >= 0.3 is 12.1 Å². The first-order chi connectivity index (χ1) is 18.7. The third-order valence-corrected chi connectivity index (χ3v) is 7.03. The van der Waals surface area contributed by atoms with Gasteiger partial charge in [-0.15, -0.1) is 0 Å². The number of anilines is 1. The third-order valence-electron chi connectivity index (χ3n) is 7.03. The molecule has 0 unspecified atom stereocenters. The number of benzene rings is 2. The fraction of sp³-hybridized carbons (Fsp3) is 0.393. The highest BCUT2D eigenvalue weighted by atomic mass is 16.5. The van der Waals surface area contributed by atoms with Crippen LogP contribution in [0.15, 0.2) is 48.7 Å². The van der Waals surface area contributed by atoms with E-state index >= 15 is 0 Å². The summed E-state index contributed by atoms with van der Waals surface area (Å²) in [6, 6.07) is 12.1. The van der Waals surface area contributed by atoms with Crippen molar-refractivity contribution in [2.45, 2.75) is 25.4 Å². The Hall–Kier alpha value is -4.25. The van der Waals surface area contributed by atoms with Gasteiger partial charge in [0.25, 0.3) is 0 Å². The quantitative estimate of drug-likeness (QED) is 0.349. The highest BCUT2D eigenvalue weighted by Gasteiger charge is 2.33. The number of carboxylic acid groups (broad SMARTS) is 1. The molecule has 1 aliphatic heterocycles. The molecule has 4 rings (SSSR count). The number of aromatic nitrogens is 1. The average molecular weight is 537 g/mol. The number of rotatable bonds is 8. The number of piperazine rings is 1. The van der Waals surface area contributed by atoms with Crippen LogP contribution in [0.5, 0.6) is 5.75 Å². The van der Waals surface area contributed by atoms with Crippen LogP contribution in [-0.4, -0.2) is 96.2 Å². The van der Waals surface area contributed by atoms with E-state index in [4.69, 9.17) is 4.74 Å². The summed E-state index contributed by atoms with van der Waals surface area (Å²) in [5.74, 6) is -0.257. The summed E-state index contributed by atoms with van der Waals surface area (Å²) in [5, 5.41) is 16.1. The van der Waals surface area contributed by atoms with Crippen LogP contribution in [0, 0.1) is 0 Å². The lowest BCUT2D eigenvalue weighted by atomic mass is 9.92. The van der Waals surface area contributed by atoms with Crippen molar-refractivity contribution in [1.82, 2.24) is 25.0 Å². The molecular weight excluding hydrogens is 500 g/mol. The van der Waals surface area contributed by atoms with Crippen molar-refractivity contribution in [1.29, 1.82) is 0 Å². The van der Waals surface area contributed by atoms with Crippen LogP contribution in [0.3, 0.4) is 0 Å². The molecule has 39 heavy (non-hydrogen) atoms. The molecule has 0 aliphatic carbocycles. The molecular formula is C28H36N6O5. The third kappa shape index (κ3) is 6.43. The average Bonchev–Trinajstić information content (AvgIpc) is 3.35. The molecule has 1 fully saturated rings. The number of aromatic amines is 1. The van der Waals surface area contributed by atoms with Crippen LogP contribution in [0.25, 0.3) is 10.9 Å². The van der Waals surface area contributed by atoms with Crippen molar-refractivity contribution in [3.63, 3.8) is 0 Å². The van der Waals surface area contributed by atoms with E-state index in [0.29, 0.717) is 18.0 Å². The number of carbonyl (C=O) groups is 3. The summed E-state index contributed by atoms with van der Waals surface area (Å²) >= 11 is 0. The van der Waals surface area contributed by atoms with Gasteiger partial charge in [-0.3, -0.25) is 4.79 Å². The first-order valence-electron chi connectivity index (χ1n) is 12.9. The minimum Gasteiger partial charge on any atom is -0.495 e. The Morgan fingerprint density at radius 3 is 2.44 bits per heavy atom. The number of urea groups is 1. The lowest BCUT2D eigenvalue weighted by molar-refractivity contribution is -0.118. The maximum absolute atomic E-state index is 13.8. The van der Waals surface area contributed by atoms with Gasteiger partial charge in [-0.05, 0) is 43.4 Å². The second kappa shape index (κ2) is 12.1. The molecule has 0 saturated carbocycles. The predicted octanol–water partition coefficient (Wildman–Crippen LogP) is 3.35. The Bertz CT molecular complexity index is 1330. The molecule has 4 N–H and O–H groups in total. The normalized spacial score (nSPS) is 15.2. The molecule has 1 saturated heterocycles. The molecule has 2 aromatic carbocycles. The largest absolute Gasteiger partial charge is 0.495 e. The summed E-state index contributed by atoms with van der Waals surface area (Å²) in [4.78, 5) is 46.5. The van der Waals surface area contributed by atoms with Crippen molar-refractivity contribution in [3.8, 4) is 5.75 Å². The predicted molar refractivity (Wildman–Crippen MR) is 149 cm³/mol. The van der Waals surface area contributed by atoms with Crippen LogP contribution < -0.4 is 15.4 Å². The van der Waals surface area contributed by atoms with Crippen molar-refractivity contribution in [2.24, 2.45) is 0 Å². The van der Waals surface area contributed by atoms with E-state index in [1.165, 1.54) is 4.90 Å². The van der Waals surface area contributed by atoms with Gasteiger partial charge in [-0.25, -0.2) is 9.59 Å². The summed E-state index contributed by atoms with van der Waals surface area (Å²) < 4.78 is 5.50. The van der Waals surface area contributed by atoms with Gasteiger partial charge in [0, 0.05) is 55.7 Å². The monoisotopic (exact) mass is 536 g/mol. The summed E-state index contributed by atoms with van der Waals surface area (Å²) in [5.41, 5.74) is 3.35. The molecule has 11 nitrogen and oxygen atoms in total. The van der Waals surface area contributed by atoms with Gasteiger partial charge in [0.2, 0.25) is 5.91 Å². The number of para-hydroxylation sites is 1. The summed E-state index contributed by atoms with van der Waals surface area (Å²) in [6.45, 7) is 3.51. The topological polar surface area (TPSA) is 130 Å². The van der Waals surface area contributed by atoms with E-state index in [9.17, 15) is 19.5 Å². The van der Waals surface area contributed by atoms with Crippen molar-refractivity contribution >= 4 is 34.6 Å². The van der Waals surface area contributed by atoms with E-state index in [1.807, 2.05) is 74.6 Å². The minimum absolute atomic E-state index is 0.216. The molecule has 0 radical (unpaired) electrons. The van der Waals surface area contributed by atoms with E-state index < -0.39 is 18.2 Å². The molecule has 2 atom stereocenters. The smallest absolute Gasteiger partial charge is 0.407 e. The van der Waals surface area contributed by atoms with Gasteiger partial charge in [0.15, 0.2) is 0 Å². The standard InChI is InChI=1S/C28H36N6O5/c1-18(21-16-29-22-8-6-5-7-20(21)22)25(31-27(36)33-11-13-34(14-12-33)28(37)38)26(35)30-23-15-19(17-32(2)3)9-10-24(23)39-4/h5-10,15-16,18,25,29H,11-14,17H2,1-4H3,(H,30,35)(H,31,36)(H,37,38)/t18-,25-/m1/s1. The fourth-order valence-corrected chi connectivity index (χ4v) is 4.92.